The highest BCUT2D eigenvalue weighted by atomic mass is 35.5. The first-order valence-corrected chi connectivity index (χ1v) is 29.6. The van der Waals surface area contributed by atoms with Gasteiger partial charge in [-0.05, 0) is 94.7 Å². The van der Waals surface area contributed by atoms with Crippen LogP contribution in [0.1, 0.15) is 109 Å². The first-order chi connectivity index (χ1) is 41.5. The van der Waals surface area contributed by atoms with Crippen molar-refractivity contribution in [1.82, 2.24) is 31.1 Å². The van der Waals surface area contributed by atoms with Crippen LogP contribution in [0, 0.1) is 11.8 Å². The largest absolute Gasteiger partial charge is 0.496 e. The maximum atomic E-state index is 14.5. The number of halogens is 1. The van der Waals surface area contributed by atoms with Gasteiger partial charge < -0.3 is 80.3 Å². The molecule has 4 bridgehead atoms. The molecular weight excluding hydrogens is 1170 g/mol. The van der Waals surface area contributed by atoms with Gasteiger partial charge in [0.25, 0.3) is 5.91 Å². The number of rotatable bonds is 23. The maximum Gasteiger partial charge on any atom is 0.409 e. The molecule has 0 spiro atoms. The number of hydrogen-bond acceptors (Lipinski definition) is 17. The molecule has 0 aliphatic carbocycles. The summed E-state index contributed by atoms with van der Waals surface area (Å²) in [5.74, 6) is -4.99. The van der Waals surface area contributed by atoms with Crippen LogP contribution in [0.15, 0.2) is 66.3 Å². The van der Waals surface area contributed by atoms with Crippen molar-refractivity contribution in [2.24, 2.45) is 17.6 Å². The Morgan fingerprint density at radius 3 is 2.33 bits per heavy atom. The second kappa shape index (κ2) is 30.4. The van der Waals surface area contributed by atoms with Crippen molar-refractivity contribution < 1.29 is 81.8 Å². The molecule has 9 N–H and O–H groups in total. The maximum absolute atomic E-state index is 14.5. The highest BCUT2D eigenvalue weighted by Crippen LogP contribution is 2.49. The predicted molar refractivity (Wildman–Crippen MR) is 323 cm³/mol. The summed E-state index contributed by atoms with van der Waals surface area (Å²) in [6.45, 7) is 10.5. The molecule has 0 saturated carbocycles. The second-order valence-corrected chi connectivity index (χ2v) is 23.5. The number of nitrogens with one attached hydrogen (secondary N) is 5. The van der Waals surface area contributed by atoms with E-state index in [2.05, 4.69) is 26.6 Å². The van der Waals surface area contributed by atoms with E-state index in [1.54, 1.807) is 52.0 Å². The first-order valence-electron chi connectivity index (χ1n) is 29.2. The number of allylic oxidation sites excluding steroid dienone is 3. The van der Waals surface area contributed by atoms with Gasteiger partial charge in [0.15, 0.2) is 5.72 Å². The summed E-state index contributed by atoms with van der Waals surface area (Å²) in [6, 6.07) is 3.29. The average Bonchev–Trinajstić information content (AvgIpc) is 1.85. The number of carbonyl (C=O) groups is 9. The number of primary amides is 1. The summed E-state index contributed by atoms with van der Waals surface area (Å²) < 4.78 is 35.2. The lowest BCUT2D eigenvalue weighted by molar-refractivity contribution is -0.158. The third-order valence-corrected chi connectivity index (χ3v) is 16.7. The predicted octanol–water partition coefficient (Wildman–Crippen LogP) is 4.13. The summed E-state index contributed by atoms with van der Waals surface area (Å²) in [4.78, 5) is 125. The lowest BCUT2D eigenvalue weighted by Crippen LogP contribution is -2.63. The lowest BCUT2D eigenvalue weighted by atomic mass is 9.83. The smallest absolute Gasteiger partial charge is 0.409 e. The Kier molecular flexibility index (Phi) is 24.0. The van der Waals surface area contributed by atoms with Crippen LogP contribution in [-0.4, -0.2) is 182 Å². The molecule has 2 fully saturated rings. The minimum atomic E-state index is -1.93. The number of methoxy groups -OCH3 is 3. The van der Waals surface area contributed by atoms with Crippen LogP contribution in [0.2, 0.25) is 5.02 Å². The molecule has 4 aliphatic heterocycles. The summed E-state index contributed by atoms with van der Waals surface area (Å²) >= 11 is 6.86. The molecule has 27 heteroatoms. The van der Waals surface area contributed by atoms with Gasteiger partial charge >= 0.3 is 18.1 Å². The summed E-state index contributed by atoms with van der Waals surface area (Å²) in [5.41, 5.74) is 3.96. The third-order valence-electron chi connectivity index (χ3n) is 16.3. The fourth-order valence-corrected chi connectivity index (χ4v) is 11.2. The van der Waals surface area contributed by atoms with E-state index in [1.807, 2.05) is 13.0 Å². The lowest BCUT2D eigenvalue weighted by Gasteiger charge is -2.42. The van der Waals surface area contributed by atoms with Gasteiger partial charge in [-0.2, -0.15) is 0 Å². The monoisotopic (exact) mass is 1250 g/mol. The normalized spacial score (nSPS) is 25.5. The molecule has 11 atom stereocenters. The average molecular weight is 1250 g/mol. The van der Waals surface area contributed by atoms with Crippen LogP contribution in [0.4, 0.5) is 21.0 Å². The van der Waals surface area contributed by atoms with Crippen molar-refractivity contribution in [2.75, 3.05) is 58.7 Å². The molecule has 2 aromatic carbocycles. The number of nitrogens with two attached hydrogens (primary N) is 1. The number of hydrogen-bond donors (Lipinski definition) is 8. The number of esters is 1. The Morgan fingerprint density at radius 2 is 1.68 bits per heavy atom. The van der Waals surface area contributed by atoms with E-state index < -0.39 is 126 Å². The number of benzene rings is 2. The molecule has 2 aromatic rings. The van der Waals surface area contributed by atoms with Crippen LogP contribution in [0.5, 0.6) is 11.5 Å². The van der Waals surface area contributed by atoms with Gasteiger partial charge in [0, 0.05) is 70.9 Å². The highest BCUT2D eigenvalue weighted by Gasteiger charge is 2.64. The number of epoxide rings is 1. The Bertz CT molecular complexity index is 3030. The van der Waals surface area contributed by atoms with Crippen molar-refractivity contribution in [3.8, 4) is 11.5 Å². The molecule has 2 saturated heterocycles. The second-order valence-electron chi connectivity index (χ2n) is 23.1. The molecule has 482 valence electrons. The molecule has 4 aliphatic rings. The van der Waals surface area contributed by atoms with Crippen molar-refractivity contribution in [2.45, 2.75) is 159 Å². The summed E-state index contributed by atoms with van der Waals surface area (Å²) in [6.07, 6.45) is 3.49. The van der Waals surface area contributed by atoms with Crippen LogP contribution in [-0.2, 0) is 54.1 Å². The molecule has 88 heavy (non-hydrogen) atoms. The number of urea groups is 1. The molecule has 9 amide bonds. The van der Waals surface area contributed by atoms with Gasteiger partial charge in [0.05, 0.1) is 38.0 Å². The van der Waals surface area contributed by atoms with Gasteiger partial charge in [-0.25, -0.2) is 14.4 Å². The van der Waals surface area contributed by atoms with Crippen molar-refractivity contribution in [3.05, 3.63) is 82.4 Å². The Balaban J connectivity index is 1.18. The van der Waals surface area contributed by atoms with E-state index in [0.717, 1.165) is 16.0 Å². The number of aliphatic hydroxyl groups excluding tert-OH is 1. The van der Waals surface area contributed by atoms with E-state index in [-0.39, 0.29) is 60.2 Å². The SMILES string of the molecule is COc1cc(NC(=O)[C@H](CCCNC(N)=O)NC(=O)[C@@H](NC(=O)CCCCCN2C(=O)C=CC2O)C(C)C)ccc1C(=O)N(C)[C@@H](C)C(=O)O[C@H]1CC(=O)N(C)c2cc(cc(OC)c2Cl)C/C(C)=C/C=C/[C@@H](OC)[C@@]2(O)C[C@H](OC(=O)N2)[C@@H](C)[C@@H]2O[C@@]12C. The Morgan fingerprint density at radius 1 is 0.966 bits per heavy atom. The third kappa shape index (κ3) is 17.3. The van der Waals surface area contributed by atoms with Crippen LogP contribution < -0.4 is 46.7 Å². The summed E-state index contributed by atoms with van der Waals surface area (Å²) in [5, 5.41) is 35.2. The summed E-state index contributed by atoms with van der Waals surface area (Å²) in [7, 11) is 7.02. The van der Waals surface area contributed by atoms with Crippen molar-refractivity contribution >= 4 is 76.5 Å². The van der Waals surface area contributed by atoms with Crippen LogP contribution in [0.3, 0.4) is 0 Å². The number of anilines is 2. The van der Waals surface area contributed by atoms with Crippen LogP contribution >= 0.6 is 11.6 Å². The molecule has 0 aromatic heterocycles. The van der Waals surface area contributed by atoms with E-state index >= 15 is 0 Å². The Labute approximate surface area is 517 Å². The van der Waals surface area contributed by atoms with Gasteiger partial charge in [0.1, 0.15) is 64.8 Å². The number of nitrogens with zero attached hydrogens (tertiary/aromatic N) is 3. The number of amides is 9. The molecule has 4 heterocycles. The highest BCUT2D eigenvalue weighted by molar-refractivity contribution is 6.35. The fourth-order valence-electron chi connectivity index (χ4n) is 10.9. The first kappa shape index (κ1) is 69.3. The van der Waals surface area contributed by atoms with Crippen molar-refractivity contribution in [1.29, 1.82) is 0 Å². The molecular formula is C61H84ClN9O17. The van der Waals surface area contributed by atoms with Gasteiger partial charge in [0.2, 0.25) is 29.5 Å². The number of fused-ring (bicyclic) bond motifs is 5. The van der Waals surface area contributed by atoms with E-state index in [4.69, 9.17) is 45.8 Å². The van der Waals surface area contributed by atoms with Gasteiger partial charge in [-0.1, -0.05) is 62.6 Å². The van der Waals surface area contributed by atoms with E-state index in [0.29, 0.717) is 43.7 Å². The zero-order chi connectivity index (χ0) is 64.9. The fraction of sp³-hybridized carbons (Fsp3) is 0.557. The van der Waals surface area contributed by atoms with E-state index in [1.165, 1.54) is 82.5 Å². The quantitative estimate of drug-likeness (QED) is 0.0440. The number of aliphatic hydroxyl groups is 2. The molecule has 6 rings (SSSR count). The molecule has 0 radical (unpaired) electrons. The minimum Gasteiger partial charge on any atom is -0.496 e. The topological polar surface area (TPSA) is 349 Å². The molecule has 26 nitrogen and oxygen atoms in total. The number of unbranched alkanes of at least 4 members (excludes halogenated alkanes) is 2. The van der Waals surface area contributed by atoms with Crippen molar-refractivity contribution in [3.63, 3.8) is 0 Å². The van der Waals surface area contributed by atoms with Gasteiger partial charge in [-0.3, -0.25) is 34.1 Å². The zero-order valence-electron chi connectivity index (χ0n) is 51.6. The number of ether oxygens (including phenoxy) is 6. The number of likely N-dealkylation sites (N-methyl/N-ethyl adjacent to an activating group) is 1. The Hall–Kier alpha value is -7.78. The van der Waals surface area contributed by atoms with Gasteiger partial charge in [-0.15, -0.1) is 0 Å². The van der Waals surface area contributed by atoms with Crippen LogP contribution in [0.25, 0.3) is 0 Å². The molecule has 1 unspecified atom stereocenters. The standard InChI is InChI=1S/C61H84ClN9O17/c1-33(2)52(67-47(72)20-13-12-14-26-71-48(73)23-24-49(71)74)55(77)66-40(18-16-25-64-58(63)80)54(76)65-38-21-22-39(42(30-38)83-9)56(78)69(7)36(5)57(79)87-46-31-50(75)70(8)41-28-37(29-43(84-10)51(41)62)27-34(3)17-15-19-45(85-11)61(82)32-44(86-59(81)68-61)35(4)53-60(46,6)88-53/h15,17,19,21-24,28-30,33,35-36,40,44-46,48,52-53,73,82H,12-14,16,18,20,25-27,31-32H2,1-11H3,(H,65,76)(H,66,77)(H,67,72)(H,68,81)(H3,63,64,80)/b19-15+,34-17+/t35-,36+,40+,44+,45-,46+,48?,52+,53+,60+,61+/m1/s1. The number of carbonyl (C=O) groups excluding carboxylic acids is 9. The zero-order valence-corrected chi connectivity index (χ0v) is 52.4. The number of alkyl carbamates (subject to hydrolysis) is 1. The van der Waals surface area contributed by atoms with E-state index in [9.17, 15) is 53.4 Å². The minimum absolute atomic E-state index is 0.0177.